The van der Waals surface area contributed by atoms with E-state index >= 15 is 0 Å². The summed E-state index contributed by atoms with van der Waals surface area (Å²) in [5.74, 6) is 1.08. The molecule has 0 unspecified atom stereocenters. The van der Waals surface area contributed by atoms with Crippen molar-refractivity contribution < 1.29 is 4.74 Å². The van der Waals surface area contributed by atoms with Gasteiger partial charge in [-0.2, -0.15) is 5.10 Å². The molecule has 5 heteroatoms. The molecule has 138 valence electrons. The lowest BCUT2D eigenvalue weighted by atomic mass is 9.99. The van der Waals surface area contributed by atoms with E-state index in [9.17, 15) is 0 Å². The largest absolute Gasteiger partial charge is 0.381 e. The third-order valence-corrected chi connectivity index (χ3v) is 6.52. The summed E-state index contributed by atoms with van der Waals surface area (Å²) in [7, 11) is 0. The van der Waals surface area contributed by atoms with Crippen LogP contribution in [0.3, 0.4) is 0 Å². The molecule has 3 aliphatic rings. The Morgan fingerprint density at radius 3 is 2.78 bits per heavy atom. The number of thioether (sulfide) groups is 1. The van der Waals surface area contributed by atoms with Crippen LogP contribution in [0.2, 0.25) is 0 Å². The van der Waals surface area contributed by atoms with E-state index in [1.54, 1.807) is 0 Å². The average molecular weight is 378 g/mol. The minimum Gasteiger partial charge on any atom is -0.381 e. The van der Waals surface area contributed by atoms with E-state index < -0.39 is 0 Å². The van der Waals surface area contributed by atoms with Crippen LogP contribution in [0.25, 0.3) is 5.69 Å². The highest BCUT2D eigenvalue weighted by Crippen LogP contribution is 2.42. The van der Waals surface area contributed by atoms with Gasteiger partial charge in [0.2, 0.25) is 0 Å². The molecule has 0 radical (unpaired) electrons. The zero-order valence-electron chi connectivity index (χ0n) is 15.3. The number of fused-ring (bicyclic) bond motifs is 1. The summed E-state index contributed by atoms with van der Waals surface area (Å²) in [5, 5.41) is 4.30. The van der Waals surface area contributed by atoms with E-state index in [2.05, 4.69) is 52.6 Å². The highest BCUT2D eigenvalue weighted by atomic mass is 32.2. The lowest BCUT2D eigenvalue weighted by Crippen LogP contribution is -2.36. The Kier molecular flexibility index (Phi) is 4.64. The molecule has 2 aromatic rings. The number of aromatic nitrogens is 2. The van der Waals surface area contributed by atoms with Crippen LogP contribution in [0, 0.1) is 0 Å². The minimum absolute atomic E-state index is 0.574. The molecule has 0 spiro atoms. The Labute approximate surface area is 164 Å². The van der Waals surface area contributed by atoms with Gasteiger partial charge in [-0.25, -0.2) is 4.68 Å². The zero-order valence-corrected chi connectivity index (χ0v) is 16.1. The van der Waals surface area contributed by atoms with Crippen molar-refractivity contribution in [2.75, 3.05) is 19.0 Å². The molecule has 0 atom stereocenters. The van der Waals surface area contributed by atoms with Crippen molar-refractivity contribution in [3.8, 4) is 5.69 Å². The van der Waals surface area contributed by atoms with Crippen LogP contribution in [-0.4, -0.2) is 39.7 Å². The van der Waals surface area contributed by atoms with Crippen LogP contribution in [0.1, 0.15) is 18.4 Å². The van der Waals surface area contributed by atoms with Crippen LogP contribution in [0.5, 0.6) is 0 Å². The fourth-order valence-electron chi connectivity index (χ4n) is 4.01. The number of ether oxygens (including phenoxy) is 1. The second kappa shape index (κ2) is 7.41. The molecule has 3 aliphatic heterocycles. The summed E-state index contributed by atoms with van der Waals surface area (Å²) >= 11 is 1.97. The first-order valence-corrected chi connectivity index (χ1v) is 10.6. The van der Waals surface area contributed by atoms with Crippen molar-refractivity contribution >= 4 is 11.8 Å². The Morgan fingerprint density at radius 2 is 2.00 bits per heavy atom. The van der Waals surface area contributed by atoms with Crippen LogP contribution < -0.4 is 0 Å². The van der Waals surface area contributed by atoms with Gasteiger partial charge >= 0.3 is 0 Å². The molecular weight excluding hydrogens is 354 g/mol. The lowest BCUT2D eigenvalue weighted by molar-refractivity contribution is 0.0580. The molecule has 0 aliphatic carbocycles. The number of benzene rings is 1. The van der Waals surface area contributed by atoms with E-state index in [0.717, 1.165) is 43.9 Å². The van der Waals surface area contributed by atoms with Gasteiger partial charge in [0, 0.05) is 48.5 Å². The van der Waals surface area contributed by atoms with Crippen molar-refractivity contribution in [1.82, 2.24) is 14.7 Å². The van der Waals surface area contributed by atoms with Crippen molar-refractivity contribution in [2.24, 2.45) is 0 Å². The maximum atomic E-state index is 5.54. The van der Waals surface area contributed by atoms with Crippen molar-refractivity contribution in [3.63, 3.8) is 0 Å². The molecule has 0 bridgehead atoms. The molecule has 0 N–H and O–H groups in total. The monoisotopic (exact) mass is 377 g/mol. The first-order chi connectivity index (χ1) is 13.4. The summed E-state index contributed by atoms with van der Waals surface area (Å²) in [6.07, 6.45) is 14.0. The molecule has 1 aromatic heterocycles. The van der Waals surface area contributed by atoms with Gasteiger partial charge in [-0.05, 0) is 60.8 Å². The lowest BCUT2D eigenvalue weighted by Gasteiger charge is -2.37. The van der Waals surface area contributed by atoms with E-state index in [-0.39, 0.29) is 0 Å². The summed E-state index contributed by atoms with van der Waals surface area (Å²) < 4.78 is 7.44. The predicted octanol–water partition coefficient (Wildman–Crippen LogP) is 4.31. The SMILES string of the molecule is C1=CN(C2CCOCC2)C2=CCSC2=C1Cc1ccc(-n2cccn2)cc1. The fraction of sp³-hybridized carbons (Fsp3) is 0.318. The molecule has 27 heavy (non-hydrogen) atoms. The number of rotatable bonds is 4. The van der Waals surface area contributed by atoms with Crippen molar-refractivity contribution in [2.45, 2.75) is 25.3 Å². The second-order valence-corrected chi connectivity index (χ2v) is 8.15. The van der Waals surface area contributed by atoms with Crippen LogP contribution in [-0.2, 0) is 11.2 Å². The van der Waals surface area contributed by atoms with E-state index in [1.165, 1.54) is 21.7 Å². The Balaban J connectivity index is 1.35. The summed E-state index contributed by atoms with van der Waals surface area (Å²) in [5.41, 5.74) is 5.28. The molecule has 1 saturated heterocycles. The Hall–Kier alpha value is -2.24. The normalized spacial score (nSPS) is 20.1. The first kappa shape index (κ1) is 16.9. The van der Waals surface area contributed by atoms with Gasteiger partial charge in [0.05, 0.1) is 11.4 Å². The van der Waals surface area contributed by atoms with E-state index in [1.807, 2.05) is 34.9 Å². The van der Waals surface area contributed by atoms with Gasteiger partial charge in [0.1, 0.15) is 0 Å². The highest BCUT2D eigenvalue weighted by molar-refractivity contribution is 8.03. The maximum absolute atomic E-state index is 5.54. The predicted molar refractivity (Wildman–Crippen MR) is 110 cm³/mol. The van der Waals surface area contributed by atoms with Gasteiger partial charge in [0.15, 0.2) is 0 Å². The fourth-order valence-corrected chi connectivity index (χ4v) is 5.08. The average Bonchev–Trinajstić information content (AvgIpc) is 3.42. The smallest absolute Gasteiger partial charge is 0.0645 e. The van der Waals surface area contributed by atoms with Gasteiger partial charge < -0.3 is 9.64 Å². The van der Waals surface area contributed by atoms with Crippen LogP contribution in [0.15, 0.2) is 77.3 Å². The zero-order chi connectivity index (χ0) is 18.1. The number of allylic oxidation sites excluding steroid dienone is 2. The van der Waals surface area contributed by atoms with Gasteiger partial charge in [-0.15, -0.1) is 11.8 Å². The summed E-state index contributed by atoms with van der Waals surface area (Å²) in [6, 6.07) is 11.2. The number of hydrogen-bond donors (Lipinski definition) is 0. The molecule has 5 rings (SSSR count). The molecule has 4 heterocycles. The summed E-state index contributed by atoms with van der Waals surface area (Å²) in [4.78, 5) is 3.95. The molecule has 0 saturated carbocycles. The Morgan fingerprint density at radius 1 is 1.15 bits per heavy atom. The standard InChI is InChI=1S/C22H23N3OS/c1-10-23-25(11-1)20-4-2-17(3-5-20)16-18-6-12-24(19-7-13-26-14-8-19)21-9-15-27-22(18)21/h1-6,9-12,19H,7-8,13-16H2. The molecule has 0 amide bonds. The number of nitrogens with zero attached hydrogens (tertiary/aromatic N) is 3. The molecule has 1 aromatic carbocycles. The second-order valence-electron chi connectivity index (χ2n) is 7.12. The quantitative estimate of drug-likeness (QED) is 0.794. The van der Waals surface area contributed by atoms with E-state index in [4.69, 9.17) is 4.74 Å². The van der Waals surface area contributed by atoms with Crippen LogP contribution >= 0.6 is 11.8 Å². The van der Waals surface area contributed by atoms with Gasteiger partial charge in [-0.3, -0.25) is 0 Å². The third kappa shape index (κ3) is 3.37. The minimum atomic E-state index is 0.574. The van der Waals surface area contributed by atoms with Gasteiger partial charge in [-0.1, -0.05) is 12.1 Å². The summed E-state index contributed by atoms with van der Waals surface area (Å²) in [6.45, 7) is 1.76. The first-order valence-electron chi connectivity index (χ1n) is 9.58. The molecule has 4 nitrogen and oxygen atoms in total. The molecule has 1 fully saturated rings. The van der Waals surface area contributed by atoms with Crippen LogP contribution in [0.4, 0.5) is 0 Å². The number of hydrogen-bond acceptors (Lipinski definition) is 4. The third-order valence-electron chi connectivity index (χ3n) is 5.43. The van der Waals surface area contributed by atoms with Crippen molar-refractivity contribution in [1.29, 1.82) is 0 Å². The van der Waals surface area contributed by atoms with E-state index in [0.29, 0.717) is 6.04 Å². The Bertz CT molecular complexity index is 890. The van der Waals surface area contributed by atoms with Gasteiger partial charge in [0.25, 0.3) is 0 Å². The maximum Gasteiger partial charge on any atom is 0.0645 e. The highest BCUT2D eigenvalue weighted by Gasteiger charge is 2.29. The topological polar surface area (TPSA) is 30.3 Å². The molecular formula is C22H23N3OS. The van der Waals surface area contributed by atoms with Crippen molar-refractivity contribution in [3.05, 3.63) is 82.8 Å².